The van der Waals surface area contributed by atoms with Gasteiger partial charge < -0.3 is 15.1 Å². The molecule has 1 aliphatic heterocycles. The van der Waals surface area contributed by atoms with E-state index in [1.807, 2.05) is 13.8 Å². The van der Waals surface area contributed by atoms with Gasteiger partial charge >= 0.3 is 6.03 Å². The predicted molar refractivity (Wildman–Crippen MR) is 91.1 cm³/mol. The first-order valence-corrected chi connectivity index (χ1v) is 8.02. The molecule has 1 aromatic carbocycles. The van der Waals surface area contributed by atoms with Crippen LogP contribution in [0, 0.1) is 0 Å². The van der Waals surface area contributed by atoms with Crippen LogP contribution in [0.25, 0.3) is 11.1 Å². The van der Waals surface area contributed by atoms with Crippen LogP contribution >= 0.6 is 0 Å². The molecule has 1 saturated heterocycles. The van der Waals surface area contributed by atoms with Crippen LogP contribution in [0.3, 0.4) is 0 Å². The standard InChI is InChI=1S/C17H20N4O4/c1-9(2)14-19-11-7-10(5-6-12(11)25-14)18-13(22)8-21-15(23)17(3,4)20-16(21)24/h5-7,9H,8H2,1-4H3,(H,18,22)(H,20,24). The molecule has 0 radical (unpaired) electrons. The first-order chi connectivity index (χ1) is 11.7. The molecule has 8 nitrogen and oxygen atoms in total. The Morgan fingerprint density at radius 2 is 2.08 bits per heavy atom. The molecule has 0 bridgehead atoms. The van der Waals surface area contributed by atoms with Crippen molar-refractivity contribution in [3.05, 3.63) is 24.1 Å². The maximum absolute atomic E-state index is 12.2. The molecule has 25 heavy (non-hydrogen) atoms. The number of rotatable bonds is 4. The van der Waals surface area contributed by atoms with Crippen molar-refractivity contribution in [3.63, 3.8) is 0 Å². The molecule has 2 aromatic rings. The molecule has 2 N–H and O–H groups in total. The molecule has 3 rings (SSSR count). The lowest BCUT2D eigenvalue weighted by atomic mass is 10.1. The second-order valence-electron chi connectivity index (χ2n) is 6.88. The van der Waals surface area contributed by atoms with Crippen molar-refractivity contribution in [3.8, 4) is 0 Å². The van der Waals surface area contributed by atoms with Crippen molar-refractivity contribution in [2.75, 3.05) is 11.9 Å². The molecule has 2 heterocycles. The van der Waals surface area contributed by atoms with E-state index in [0.717, 1.165) is 4.90 Å². The molecule has 0 spiro atoms. The molecule has 8 heteroatoms. The quantitative estimate of drug-likeness (QED) is 0.828. The zero-order chi connectivity index (χ0) is 18.4. The number of aromatic nitrogens is 1. The number of carbonyl (C=O) groups is 3. The molecule has 1 fully saturated rings. The molecular formula is C17H20N4O4. The largest absolute Gasteiger partial charge is 0.440 e. The predicted octanol–water partition coefficient (Wildman–Crippen LogP) is 2.22. The summed E-state index contributed by atoms with van der Waals surface area (Å²) in [6.45, 7) is 6.80. The Balaban J connectivity index is 1.72. The van der Waals surface area contributed by atoms with Gasteiger partial charge in [-0.25, -0.2) is 9.78 Å². The molecule has 0 saturated carbocycles. The van der Waals surface area contributed by atoms with Crippen molar-refractivity contribution < 1.29 is 18.8 Å². The lowest BCUT2D eigenvalue weighted by Crippen LogP contribution is -2.41. The highest BCUT2D eigenvalue weighted by atomic mass is 16.3. The summed E-state index contributed by atoms with van der Waals surface area (Å²) in [6, 6.07) is 4.53. The number of benzene rings is 1. The van der Waals surface area contributed by atoms with E-state index in [4.69, 9.17) is 4.42 Å². The Morgan fingerprint density at radius 1 is 1.36 bits per heavy atom. The van der Waals surface area contributed by atoms with Crippen molar-refractivity contribution in [2.24, 2.45) is 0 Å². The second-order valence-corrected chi connectivity index (χ2v) is 6.88. The van der Waals surface area contributed by atoms with E-state index >= 15 is 0 Å². The molecular weight excluding hydrogens is 324 g/mol. The topological polar surface area (TPSA) is 105 Å². The lowest BCUT2D eigenvalue weighted by Gasteiger charge is -2.15. The Hall–Kier alpha value is -2.90. The van der Waals surface area contributed by atoms with E-state index < -0.39 is 23.4 Å². The average Bonchev–Trinajstić information content (AvgIpc) is 3.01. The van der Waals surface area contributed by atoms with Gasteiger partial charge in [0, 0.05) is 11.6 Å². The maximum Gasteiger partial charge on any atom is 0.325 e. The summed E-state index contributed by atoms with van der Waals surface area (Å²) in [6.07, 6.45) is 0. The van der Waals surface area contributed by atoms with Gasteiger partial charge in [0.15, 0.2) is 11.5 Å². The highest BCUT2D eigenvalue weighted by Gasteiger charge is 2.44. The van der Waals surface area contributed by atoms with Crippen LogP contribution in [0.1, 0.15) is 39.5 Å². The first kappa shape index (κ1) is 16.9. The summed E-state index contributed by atoms with van der Waals surface area (Å²) >= 11 is 0. The molecule has 1 aliphatic rings. The number of oxazole rings is 1. The zero-order valence-electron chi connectivity index (χ0n) is 14.5. The Labute approximate surface area is 144 Å². The van der Waals surface area contributed by atoms with Crippen LogP contribution in [0.4, 0.5) is 10.5 Å². The summed E-state index contributed by atoms with van der Waals surface area (Å²) in [4.78, 5) is 41.4. The third-order valence-corrected chi connectivity index (χ3v) is 3.93. The van der Waals surface area contributed by atoms with Gasteiger partial charge in [0.1, 0.15) is 17.6 Å². The zero-order valence-corrected chi connectivity index (χ0v) is 14.5. The minimum absolute atomic E-state index is 0.161. The number of anilines is 1. The van der Waals surface area contributed by atoms with E-state index in [2.05, 4.69) is 15.6 Å². The summed E-state index contributed by atoms with van der Waals surface area (Å²) in [5.74, 6) is -0.108. The number of amides is 4. The second kappa shape index (κ2) is 5.87. The monoisotopic (exact) mass is 344 g/mol. The van der Waals surface area contributed by atoms with Gasteiger partial charge in [0.05, 0.1) is 0 Å². The van der Waals surface area contributed by atoms with Gasteiger partial charge in [-0.1, -0.05) is 13.8 Å². The molecule has 1 aromatic heterocycles. The summed E-state index contributed by atoms with van der Waals surface area (Å²) in [5, 5.41) is 5.21. The van der Waals surface area contributed by atoms with Gasteiger partial charge in [0.25, 0.3) is 5.91 Å². The number of nitrogens with zero attached hydrogens (tertiary/aromatic N) is 2. The molecule has 0 aliphatic carbocycles. The number of fused-ring (bicyclic) bond motifs is 1. The van der Waals surface area contributed by atoms with Crippen LogP contribution < -0.4 is 10.6 Å². The van der Waals surface area contributed by atoms with Crippen molar-refractivity contribution in [1.29, 1.82) is 0 Å². The van der Waals surface area contributed by atoms with Crippen molar-refractivity contribution in [1.82, 2.24) is 15.2 Å². The minimum Gasteiger partial charge on any atom is -0.440 e. The van der Waals surface area contributed by atoms with Crippen LogP contribution in [-0.2, 0) is 9.59 Å². The van der Waals surface area contributed by atoms with Crippen LogP contribution in [0.2, 0.25) is 0 Å². The van der Waals surface area contributed by atoms with Gasteiger partial charge in [-0.3, -0.25) is 14.5 Å². The number of hydrogen-bond donors (Lipinski definition) is 2. The Kier molecular flexibility index (Phi) is 3.98. The van der Waals surface area contributed by atoms with Crippen molar-refractivity contribution >= 4 is 34.6 Å². The van der Waals surface area contributed by atoms with E-state index in [0.29, 0.717) is 22.7 Å². The van der Waals surface area contributed by atoms with Crippen LogP contribution in [0.5, 0.6) is 0 Å². The summed E-state index contributed by atoms with van der Waals surface area (Å²) in [5.41, 5.74) is 0.798. The van der Waals surface area contributed by atoms with Crippen molar-refractivity contribution in [2.45, 2.75) is 39.2 Å². The van der Waals surface area contributed by atoms with E-state index in [1.54, 1.807) is 32.0 Å². The number of carbonyl (C=O) groups excluding carboxylic acids is 3. The summed E-state index contributed by atoms with van der Waals surface area (Å²) < 4.78 is 5.62. The third-order valence-electron chi connectivity index (χ3n) is 3.93. The minimum atomic E-state index is -0.996. The van der Waals surface area contributed by atoms with E-state index in [-0.39, 0.29) is 12.5 Å². The van der Waals surface area contributed by atoms with Crippen LogP contribution in [-0.4, -0.2) is 39.8 Å². The molecule has 0 atom stereocenters. The fourth-order valence-corrected chi connectivity index (χ4v) is 2.58. The maximum atomic E-state index is 12.2. The molecule has 132 valence electrons. The average molecular weight is 344 g/mol. The SMILES string of the molecule is CC(C)c1nc2cc(NC(=O)CN3C(=O)NC(C)(C)C3=O)ccc2o1. The fraction of sp³-hybridized carbons (Fsp3) is 0.412. The van der Waals surface area contributed by atoms with E-state index in [9.17, 15) is 14.4 Å². The van der Waals surface area contributed by atoms with Gasteiger partial charge in [-0.05, 0) is 32.0 Å². The van der Waals surface area contributed by atoms with Gasteiger partial charge in [-0.2, -0.15) is 0 Å². The Bertz CT molecular complexity index is 869. The fourth-order valence-electron chi connectivity index (χ4n) is 2.58. The van der Waals surface area contributed by atoms with Gasteiger partial charge in [-0.15, -0.1) is 0 Å². The normalized spacial score (nSPS) is 16.6. The van der Waals surface area contributed by atoms with Crippen LogP contribution in [0.15, 0.2) is 22.6 Å². The smallest absolute Gasteiger partial charge is 0.325 e. The Morgan fingerprint density at radius 3 is 2.68 bits per heavy atom. The third kappa shape index (κ3) is 3.19. The number of nitrogens with one attached hydrogen (secondary N) is 2. The molecule has 4 amide bonds. The number of hydrogen-bond acceptors (Lipinski definition) is 5. The lowest BCUT2D eigenvalue weighted by molar-refractivity contribution is -0.132. The number of urea groups is 1. The number of imide groups is 1. The highest BCUT2D eigenvalue weighted by molar-refractivity contribution is 6.09. The highest BCUT2D eigenvalue weighted by Crippen LogP contribution is 2.24. The first-order valence-electron chi connectivity index (χ1n) is 8.02. The van der Waals surface area contributed by atoms with E-state index in [1.165, 1.54) is 0 Å². The summed E-state index contributed by atoms with van der Waals surface area (Å²) in [7, 11) is 0. The van der Waals surface area contributed by atoms with Gasteiger partial charge in [0.2, 0.25) is 5.91 Å². The molecule has 0 unspecified atom stereocenters.